The molecule has 0 saturated carbocycles. The summed E-state index contributed by atoms with van der Waals surface area (Å²) in [5.74, 6) is -1.73. The van der Waals surface area contributed by atoms with Crippen LogP contribution in [0, 0.1) is 25.5 Å². The standard InChI is InChI=1S/C20H22FN5O2.C12H17FN2O.C9H8N2O2.H2S/c1-13-2-5-19-23-18(12-26(19)24-13)20(28)22-9-17(27)11-25-7-6-14-8-16(21)4-3-15(14)10-25;13-11-2-1-10-7-15(8-12(16)6-14)4-3-9(10)5-11;1-6-2-3-8-10-7(9(12)13)5-11(8)4-6;/h2-5,8,12,17,27H,6-7,9-11H2,1H3,(H,22,28);1-2,5,12,16H,3-4,6-8,14H2;2-5H,1H3,(H,12,13);1H2/t17-;12-;;/m00../s1. The van der Waals surface area contributed by atoms with Gasteiger partial charge in [0.15, 0.2) is 11.3 Å². The zero-order chi connectivity index (χ0) is 40.6. The van der Waals surface area contributed by atoms with E-state index >= 15 is 0 Å². The summed E-state index contributed by atoms with van der Waals surface area (Å²) in [4.78, 5) is 35.3. The number of aliphatic hydroxyl groups is 2. The van der Waals surface area contributed by atoms with Crippen molar-refractivity contribution in [3.8, 4) is 0 Å². The van der Waals surface area contributed by atoms with Crippen LogP contribution in [0.2, 0.25) is 0 Å². The van der Waals surface area contributed by atoms with E-state index < -0.39 is 18.2 Å². The second-order valence-electron chi connectivity index (χ2n) is 14.4. The van der Waals surface area contributed by atoms with Crippen molar-refractivity contribution in [1.29, 1.82) is 0 Å². The first-order valence-electron chi connectivity index (χ1n) is 18.7. The molecule has 0 radical (unpaired) electrons. The molecule has 308 valence electrons. The van der Waals surface area contributed by atoms with Gasteiger partial charge >= 0.3 is 5.97 Å². The maximum absolute atomic E-state index is 13.3. The fraction of sp³-hybridized carbons (Fsp3) is 0.341. The molecule has 0 unspecified atom stereocenters. The van der Waals surface area contributed by atoms with Gasteiger partial charge in [0.1, 0.15) is 23.0 Å². The van der Waals surface area contributed by atoms with E-state index in [2.05, 4.69) is 30.2 Å². The molecule has 0 fully saturated rings. The number of aryl methyl sites for hydroxylation is 2. The normalized spacial score (nSPS) is 14.8. The lowest BCUT2D eigenvalue weighted by molar-refractivity contribution is 0.0691. The van der Waals surface area contributed by atoms with Crippen molar-refractivity contribution >= 4 is 36.7 Å². The first kappa shape index (κ1) is 43.8. The Morgan fingerprint density at radius 1 is 0.776 bits per heavy atom. The van der Waals surface area contributed by atoms with Crippen molar-refractivity contribution < 1.29 is 33.7 Å². The summed E-state index contributed by atoms with van der Waals surface area (Å²) in [5.41, 5.74) is 13.2. The van der Waals surface area contributed by atoms with Crippen LogP contribution in [0.3, 0.4) is 0 Å². The van der Waals surface area contributed by atoms with Gasteiger partial charge in [-0.05, 0) is 97.0 Å². The average Bonchev–Trinajstić information content (AvgIpc) is 3.82. The molecule has 17 heteroatoms. The van der Waals surface area contributed by atoms with Crippen LogP contribution >= 0.6 is 13.5 Å². The lowest BCUT2D eigenvalue weighted by Crippen LogP contribution is -2.42. The average molecular weight is 818 g/mol. The lowest BCUT2D eigenvalue weighted by Gasteiger charge is -2.30. The van der Waals surface area contributed by atoms with Crippen molar-refractivity contribution in [2.75, 3.05) is 39.3 Å². The highest BCUT2D eigenvalue weighted by molar-refractivity contribution is 7.59. The van der Waals surface area contributed by atoms with Gasteiger partial charge in [0, 0.05) is 64.8 Å². The van der Waals surface area contributed by atoms with Crippen LogP contribution in [0.5, 0.6) is 0 Å². The zero-order valence-electron chi connectivity index (χ0n) is 32.4. The van der Waals surface area contributed by atoms with Crippen LogP contribution in [0.15, 0.2) is 79.3 Å². The first-order chi connectivity index (χ1) is 27.3. The van der Waals surface area contributed by atoms with E-state index in [-0.39, 0.29) is 55.5 Å². The molecule has 0 saturated heterocycles. The summed E-state index contributed by atoms with van der Waals surface area (Å²) in [6.45, 7) is 8.29. The van der Waals surface area contributed by atoms with E-state index in [1.807, 2.05) is 38.2 Å². The quantitative estimate of drug-likeness (QED) is 0.144. The molecule has 1 amide bonds. The second kappa shape index (κ2) is 19.9. The molecular formula is C41H49F2N9O5S. The molecule has 2 aliphatic heterocycles. The number of carboxylic acid groups (broad SMARTS) is 1. The number of hydrogen-bond acceptors (Lipinski definition) is 10. The molecular weight excluding hydrogens is 769 g/mol. The smallest absolute Gasteiger partial charge is 0.356 e. The largest absolute Gasteiger partial charge is 0.476 e. The number of rotatable bonds is 9. The summed E-state index contributed by atoms with van der Waals surface area (Å²) >= 11 is 0. The molecule has 8 rings (SSSR count). The van der Waals surface area contributed by atoms with E-state index in [0.717, 1.165) is 66.0 Å². The van der Waals surface area contributed by atoms with Crippen LogP contribution in [0.4, 0.5) is 8.78 Å². The summed E-state index contributed by atoms with van der Waals surface area (Å²) in [7, 11) is 0. The lowest BCUT2D eigenvalue weighted by atomic mass is 9.99. The molecule has 2 aromatic carbocycles. The van der Waals surface area contributed by atoms with E-state index in [4.69, 9.17) is 10.8 Å². The van der Waals surface area contributed by atoms with E-state index in [0.29, 0.717) is 30.9 Å². The molecule has 4 aromatic heterocycles. The predicted molar refractivity (Wildman–Crippen MR) is 219 cm³/mol. The van der Waals surface area contributed by atoms with Gasteiger partial charge in [0.25, 0.3) is 5.91 Å². The first-order valence-corrected chi connectivity index (χ1v) is 18.7. The van der Waals surface area contributed by atoms with Crippen molar-refractivity contribution in [3.05, 3.63) is 136 Å². The molecule has 0 bridgehead atoms. The Labute approximate surface area is 341 Å². The predicted octanol–water partition coefficient (Wildman–Crippen LogP) is 3.28. The molecule has 0 aliphatic carbocycles. The number of amides is 1. The number of pyridine rings is 1. The van der Waals surface area contributed by atoms with Gasteiger partial charge < -0.3 is 30.8 Å². The summed E-state index contributed by atoms with van der Waals surface area (Å²) in [5, 5.41) is 35.5. The molecule has 0 spiro atoms. The highest BCUT2D eigenvalue weighted by atomic mass is 32.1. The molecule has 2 atom stereocenters. The van der Waals surface area contributed by atoms with Gasteiger partial charge in [-0.1, -0.05) is 18.2 Å². The van der Waals surface area contributed by atoms with Crippen LogP contribution in [-0.2, 0) is 25.9 Å². The molecule has 6 aromatic rings. The van der Waals surface area contributed by atoms with Crippen LogP contribution in [-0.4, -0.2) is 112 Å². The van der Waals surface area contributed by atoms with Crippen molar-refractivity contribution in [2.45, 2.75) is 52.0 Å². The third kappa shape index (κ3) is 11.6. The zero-order valence-corrected chi connectivity index (χ0v) is 33.4. The number of imidazole rings is 2. The summed E-state index contributed by atoms with van der Waals surface area (Å²) in [6.07, 6.45) is 5.33. The monoisotopic (exact) mass is 817 g/mol. The number of nitrogens with zero attached hydrogens (tertiary/aromatic N) is 7. The molecule has 2 aliphatic rings. The van der Waals surface area contributed by atoms with E-state index in [1.54, 1.807) is 45.4 Å². The van der Waals surface area contributed by atoms with Gasteiger partial charge in [-0.2, -0.15) is 18.6 Å². The Morgan fingerprint density at radius 3 is 1.97 bits per heavy atom. The third-order valence-corrected chi connectivity index (χ3v) is 9.73. The molecule has 6 N–H and O–H groups in total. The van der Waals surface area contributed by atoms with Crippen molar-refractivity contribution in [2.24, 2.45) is 5.73 Å². The Bertz CT molecular complexity index is 2360. The van der Waals surface area contributed by atoms with Gasteiger partial charge in [-0.15, -0.1) is 0 Å². The Kier molecular flexibility index (Phi) is 15.0. The van der Waals surface area contributed by atoms with Gasteiger partial charge in [-0.3, -0.25) is 14.6 Å². The number of nitrogens with one attached hydrogen (secondary N) is 1. The minimum atomic E-state index is -0.999. The number of hydrogen-bond donors (Lipinski definition) is 5. The highest BCUT2D eigenvalue weighted by Gasteiger charge is 2.21. The van der Waals surface area contributed by atoms with Crippen LogP contribution in [0.1, 0.15) is 54.5 Å². The number of carbonyl (C=O) groups excluding carboxylic acids is 1. The number of halogens is 2. The number of carbonyl (C=O) groups is 2. The Morgan fingerprint density at radius 2 is 1.36 bits per heavy atom. The second-order valence-corrected chi connectivity index (χ2v) is 14.4. The van der Waals surface area contributed by atoms with E-state index in [1.165, 1.54) is 18.3 Å². The van der Waals surface area contributed by atoms with Gasteiger partial charge in [0.2, 0.25) is 0 Å². The maximum Gasteiger partial charge on any atom is 0.356 e. The number of aromatic carboxylic acids is 1. The number of aromatic nitrogens is 5. The number of nitrogens with two attached hydrogens (primary N) is 1. The number of benzene rings is 2. The highest BCUT2D eigenvalue weighted by Crippen LogP contribution is 2.21. The third-order valence-electron chi connectivity index (χ3n) is 9.73. The summed E-state index contributed by atoms with van der Waals surface area (Å²) < 4.78 is 29.6. The Hall–Kier alpha value is -5.30. The molecule has 6 heterocycles. The summed E-state index contributed by atoms with van der Waals surface area (Å²) in [6, 6.07) is 17.1. The minimum Gasteiger partial charge on any atom is -0.476 e. The molecule has 58 heavy (non-hydrogen) atoms. The topological polar surface area (TPSA) is 187 Å². The fourth-order valence-electron chi connectivity index (χ4n) is 6.80. The number of fused-ring (bicyclic) bond motifs is 4. The molecule has 14 nitrogen and oxygen atoms in total. The van der Waals surface area contributed by atoms with Gasteiger partial charge in [0.05, 0.1) is 24.1 Å². The van der Waals surface area contributed by atoms with Gasteiger partial charge in [-0.25, -0.2) is 28.1 Å². The van der Waals surface area contributed by atoms with E-state index in [9.17, 15) is 28.6 Å². The number of carboxylic acids is 1. The maximum atomic E-state index is 13.3. The van der Waals surface area contributed by atoms with Crippen LogP contribution in [0.25, 0.3) is 11.3 Å². The Balaban J connectivity index is 0.000000181. The van der Waals surface area contributed by atoms with Crippen LogP contribution < -0.4 is 11.1 Å². The number of β-amino-alcohol motifs (C(OH)–C–C–N with tert-alkyl or cyclic N) is 2. The number of aliphatic hydroxyl groups excluding tert-OH is 2. The minimum absolute atomic E-state index is 0. The fourth-order valence-corrected chi connectivity index (χ4v) is 6.80. The van der Waals surface area contributed by atoms with Crippen molar-refractivity contribution in [3.63, 3.8) is 0 Å². The SMILES string of the molecule is Cc1ccc2nc(C(=O)NC[C@H](O)CN3CCc4cc(F)ccc4C3)cn2n1.Cc1ccc2nc(C(=O)O)cn2c1.NC[C@H](O)CN1CCc2cc(F)ccc2C1.S. The van der Waals surface area contributed by atoms with Crippen molar-refractivity contribution in [1.82, 2.24) is 39.1 Å².